The highest BCUT2D eigenvalue weighted by Gasteiger charge is 2.08. The summed E-state index contributed by atoms with van der Waals surface area (Å²) in [6.45, 7) is 1.81. The molecule has 1 heterocycles. The van der Waals surface area contributed by atoms with Crippen molar-refractivity contribution >= 4 is 21.6 Å². The van der Waals surface area contributed by atoms with Crippen LogP contribution in [0, 0.1) is 12.7 Å². The minimum absolute atomic E-state index is 0.212. The van der Waals surface area contributed by atoms with Gasteiger partial charge in [0.15, 0.2) is 5.75 Å². The molecule has 2 rings (SSSR count). The van der Waals surface area contributed by atoms with Gasteiger partial charge in [-0.2, -0.15) is 5.10 Å². The monoisotopic (exact) mass is 297 g/mol. The Morgan fingerprint density at radius 1 is 1.29 bits per heavy atom. The molecule has 2 aromatic rings. The molecule has 0 unspecified atom stereocenters. The van der Waals surface area contributed by atoms with Gasteiger partial charge in [0.1, 0.15) is 5.82 Å². The standard InChI is InChI=1S/C11H9BrFN3O/c1-6-2-3-11(16-15-6)17-10-5-8(13)7(12)4-9(10)14/h2-5H,14H2,1H3. The molecule has 88 valence electrons. The highest BCUT2D eigenvalue weighted by Crippen LogP contribution is 2.31. The zero-order valence-corrected chi connectivity index (χ0v) is 10.5. The fraction of sp³-hybridized carbons (Fsp3) is 0.0909. The van der Waals surface area contributed by atoms with E-state index in [1.54, 1.807) is 12.1 Å². The maximum Gasteiger partial charge on any atom is 0.238 e. The summed E-state index contributed by atoms with van der Waals surface area (Å²) in [5, 5.41) is 7.63. The zero-order chi connectivity index (χ0) is 12.4. The minimum atomic E-state index is -0.450. The van der Waals surface area contributed by atoms with Crippen molar-refractivity contribution in [2.45, 2.75) is 6.92 Å². The van der Waals surface area contributed by atoms with Gasteiger partial charge >= 0.3 is 0 Å². The molecule has 0 bridgehead atoms. The number of ether oxygens (including phenoxy) is 1. The Balaban J connectivity index is 2.30. The second-order valence-corrected chi connectivity index (χ2v) is 4.27. The van der Waals surface area contributed by atoms with Crippen LogP contribution >= 0.6 is 15.9 Å². The summed E-state index contributed by atoms with van der Waals surface area (Å²) in [5.41, 5.74) is 6.79. The van der Waals surface area contributed by atoms with Crippen LogP contribution in [0.1, 0.15) is 5.69 Å². The number of hydrogen-bond acceptors (Lipinski definition) is 4. The molecule has 0 amide bonds. The Morgan fingerprint density at radius 2 is 2.06 bits per heavy atom. The first-order valence-corrected chi connectivity index (χ1v) is 5.58. The SMILES string of the molecule is Cc1ccc(Oc2cc(F)c(Br)cc2N)nn1. The van der Waals surface area contributed by atoms with E-state index in [4.69, 9.17) is 10.5 Å². The lowest BCUT2D eigenvalue weighted by molar-refractivity contribution is 0.452. The molecular formula is C11H9BrFN3O. The van der Waals surface area contributed by atoms with E-state index in [0.29, 0.717) is 5.69 Å². The molecule has 0 atom stereocenters. The maximum absolute atomic E-state index is 13.3. The number of hydrogen-bond donors (Lipinski definition) is 1. The summed E-state index contributed by atoms with van der Waals surface area (Å²) >= 11 is 3.04. The normalized spacial score (nSPS) is 10.3. The molecule has 4 nitrogen and oxygen atoms in total. The third kappa shape index (κ3) is 2.71. The number of anilines is 1. The lowest BCUT2D eigenvalue weighted by Gasteiger charge is -2.08. The second-order valence-electron chi connectivity index (χ2n) is 3.42. The number of halogens is 2. The summed E-state index contributed by atoms with van der Waals surface area (Å²) in [5.74, 6) is 0.0298. The van der Waals surface area contributed by atoms with Gasteiger partial charge in [-0.1, -0.05) is 0 Å². The van der Waals surface area contributed by atoms with Crippen molar-refractivity contribution < 1.29 is 9.13 Å². The average molecular weight is 298 g/mol. The van der Waals surface area contributed by atoms with Crippen molar-refractivity contribution in [1.82, 2.24) is 10.2 Å². The number of nitrogens with zero attached hydrogens (tertiary/aromatic N) is 2. The fourth-order valence-corrected chi connectivity index (χ4v) is 1.55. The summed E-state index contributed by atoms with van der Waals surface area (Å²) in [6.07, 6.45) is 0. The van der Waals surface area contributed by atoms with Crippen LogP contribution in [0.5, 0.6) is 11.6 Å². The highest BCUT2D eigenvalue weighted by atomic mass is 79.9. The van der Waals surface area contributed by atoms with Crippen LogP contribution in [0.3, 0.4) is 0 Å². The Kier molecular flexibility index (Phi) is 3.23. The lowest BCUT2D eigenvalue weighted by Crippen LogP contribution is -1.96. The molecule has 17 heavy (non-hydrogen) atoms. The number of benzene rings is 1. The summed E-state index contributed by atoms with van der Waals surface area (Å²) in [7, 11) is 0. The number of aryl methyl sites for hydroxylation is 1. The van der Waals surface area contributed by atoms with E-state index in [1.165, 1.54) is 12.1 Å². The fourth-order valence-electron chi connectivity index (χ4n) is 1.19. The summed E-state index contributed by atoms with van der Waals surface area (Å²) in [4.78, 5) is 0. The van der Waals surface area contributed by atoms with Crippen molar-refractivity contribution in [2.75, 3.05) is 5.73 Å². The maximum atomic E-state index is 13.3. The van der Waals surface area contributed by atoms with Gasteiger partial charge in [-0.25, -0.2) is 4.39 Å². The van der Waals surface area contributed by atoms with E-state index in [0.717, 1.165) is 5.69 Å². The van der Waals surface area contributed by atoms with Gasteiger partial charge in [0, 0.05) is 12.1 Å². The molecule has 1 aromatic heterocycles. The molecule has 0 aliphatic carbocycles. The predicted molar refractivity (Wildman–Crippen MR) is 65.4 cm³/mol. The van der Waals surface area contributed by atoms with E-state index in [9.17, 15) is 4.39 Å². The first-order chi connectivity index (χ1) is 8.06. The van der Waals surface area contributed by atoms with Crippen LogP contribution in [0.2, 0.25) is 0 Å². The van der Waals surface area contributed by atoms with Gasteiger partial charge in [0.2, 0.25) is 5.88 Å². The van der Waals surface area contributed by atoms with Crippen LogP contribution in [0.4, 0.5) is 10.1 Å². The van der Waals surface area contributed by atoms with Gasteiger partial charge in [-0.05, 0) is 35.0 Å². The van der Waals surface area contributed by atoms with Crippen molar-refractivity contribution in [3.8, 4) is 11.6 Å². The van der Waals surface area contributed by atoms with Crippen molar-refractivity contribution in [3.05, 3.63) is 40.2 Å². The number of nitrogens with two attached hydrogens (primary N) is 1. The van der Waals surface area contributed by atoms with Crippen LogP contribution in [0.25, 0.3) is 0 Å². The van der Waals surface area contributed by atoms with Gasteiger partial charge in [-0.15, -0.1) is 5.10 Å². The van der Waals surface area contributed by atoms with Crippen LogP contribution in [0.15, 0.2) is 28.7 Å². The quantitative estimate of drug-likeness (QED) is 0.866. The number of aromatic nitrogens is 2. The molecule has 0 radical (unpaired) electrons. The minimum Gasteiger partial charge on any atom is -0.435 e. The predicted octanol–water partition coefficient (Wildman–Crippen LogP) is 3.06. The zero-order valence-electron chi connectivity index (χ0n) is 8.95. The molecule has 0 aliphatic heterocycles. The van der Waals surface area contributed by atoms with Crippen molar-refractivity contribution in [1.29, 1.82) is 0 Å². The Bertz CT molecular complexity index is 545. The van der Waals surface area contributed by atoms with E-state index in [-0.39, 0.29) is 16.1 Å². The third-order valence-corrected chi connectivity index (χ3v) is 2.65. The number of rotatable bonds is 2. The Labute approximate surface area is 106 Å². The first kappa shape index (κ1) is 11.8. The molecule has 1 aromatic carbocycles. The molecule has 0 saturated carbocycles. The molecule has 0 aliphatic rings. The van der Waals surface area contributed by atoms with Crippen molar-refractivity contribution in [2.24, 2.45) is 0 Å². The van der Waals surface area contributed by atoms with E-state index >= 15 is 0 Å². The van der Waals surface area contributed by atoms with Gasteiger partial charge in [-0.3, -0.25) is 0 Å². The van der Waals surface area contributed by atoms with E-state index < -0.39 is 5.82 Å². The van der Waals surface area contributed by atoms with E-state index in [1.807, 2.05) is 6.92 Å². The molecule has 0 spiro atoms. The molecule has 0 fully saturated rings. The van der Waals surface area contributed by atoms with Gasteiger partial charge in [0.25, 0.3) is 0 Å². The Morgan fingerprint density at radius 3 is 2.71 bits per heavy atom. The summed E-state index contributed by atoms with van der Waals surface area (Å²) in [6, 6.07) is 6.02. The van der Waals surface area contributed by atoms with Crippen LogP contribution < -0.4 is 10.5 Å². The lowest BCUT2D eigenvalue weighted by atomic mass is 10.3. The van der Waals surface area contributed by atoms with Crippen molar-refractivity contribution in [3.63, 3.8) is 0 Å². The first-order valence-electron chi connectivity index (χ1n) is 4.79. The average Bonchev–Trinajstić information content (AvgIpc) is 2.29. The molecular weight excluding hydrogens is 289 g/mol. The molecule has 2 N–H and O–H groups in total. The second kappa shape index (κ2) is 4.67. The topological polar surface area (TPSA) is 61.0 Å². The van der Waals surface area contributed by atoms with Crippen LogP contribution in [-0.4, -0.2) is 10.2 Å². The highest BCUT2D eigenvalue weighted by molar-refractivity contribution is 9.10. The third-order valence-electron chi connectivity index (χ3n) is 2.04. The van der Waals surface area contributed by atoms with Gasteiger partial charge < -0.3 is 10.5 Å². The van der Waals surface area contributed by atoms with Gasteiger partial charge in [0.05, 0.1) is 15.9 Å². The molecule has 6 heteroatoms. The number of nitrogen functional groups attached to an aromatic ring is 1. The largest absolute Gasteiger partial charge is 0.435 e. The van der Waals surface area contributed by atoms with E-state index in [2.05, 4.69) is 26.1 Å². The smallest absolute Gasteiger partial charge is 0.238 e. The summed E-state index contributed by atoms with van der Waals surface area (Å²) < 4.78 is 18.9. The molecule has 0 saturated heterocycles. The Hall–Kier alpha value is -1.69. The van der Waals surface area contributed by atoms with Crippen LogP contribution in [-0.2, 0) is 0 Å².